The first kappa shape index (κ1) is 10.9. The van der Waals surface area contributed by atoms with E-state index in [-0.39, 0.29) is 12.2 Å². The van der Waals surface area contributed by atoms with Crippen LogP contribution in [-0.4, -0.2) is 49.4 Å². The highest BCUT2D eigenvalue weighted by Crippen LogP contribution is 2.43. The molecule has 2 rings (SSSR count). The third kappa shape index (κ3) is 2.64. The van der Waals surface area contributed by atoms with E-state index in [9.17, 15) is 5.11 Å². The van der Waals surface area contributed by atoms with E-state index in [1.165, 1.54) is 0 Å². The molecule has 0 aromatic rings. The van der Waals surface area contributed by atoms with Crippen LogP contribution < -0.4 is 0 Å². The second-order valence-corrected chi connectivity index (χ2v) is 3.45. The van der Waals surface area contributed by atoms with E-state index in [4.69, 9.17) is 14.6 Å². The Hall–Kier alpha value is -0.160. The molecule has 1 saturated carbocycles. The van der Waals surface area contributed by atoms with Crippen LogP contribution in [0.4, 0.5) is 0 Å². The summed E-state index contributed by atoms with van der Waals surface area (Å²) in [6, 6.07) is 0. The third-order valence-electron chi connectivity index (χ3n) is 2.50. The van der Waals surface area contributed by atoms with E-state index in [0.717, 1.165) is 20.0 Å². The van der Waals surface area contributed by atoms with Gasteiger partial charge in [-0.3, -0.25) is 0 Å². The largest absolute Gasteiger partial charge is 0.400 e. The minimum atomic E-state index is -0.145. The van der Waals surface area contributed by atoms with E-state index in [2.05, 4.69) is 0 Å². The lowest BCUT2D eigenvalue weighted by molar-refractivity contribution is -0.0782. The lowest BCUT2D eigenvalue weighted by atomic mass is 10.1. The molecule has 2 aliphatic rings. The summed E-state index contributed by atoms with van der Waals surface area (Å²) < 4.78 is 10.5. The predicted octanol–water partition coefficient (Wildman–Crippen LogP) is -0.220. The molecular weight excluding hydrogens is 172 g/mol. The summed E-state index contributed by atoms with van der Waals surface area (Å²) >= 11 is 0. The molecule has 0 radical (unpaired) electrons. The first-order valence-corrected chi connectivity index (χ1v) is 4.58. The molecule has 13 heavy (non-hydrogen) atoms. The molecule has 0 bridgehead atoms. The standard InChI is InChI=1S/C8H14O3.CH4O/c1-10-4-5-2-7(9)6-3-8(6)11-5;1-2/h5-9H,2-4H2,1H3;2H,1H3/t5-,6-,7-,8-;/m0./s1. The van der Waals surface area contributed by atoms with Crippen molar-refractivity contribution in [1.82, 2.24) is 0 Å². The van der Waals surface area contributed by atoms with Gasteiger partial charge in [-0.15, -0.1) is 0 Å². The Morgan fingerprint density at radius 3 is 2.62 bits per heavy atom. The number of methoxy groups -OCH3 is 1. The normalized spacial score (nSPS) is 41.5. The highest BCUT2D eigenvalue weighted by Gasteiger charge is 2.49. The summed E-state index contributed by atoms with van der Waals surface area (Å²) in [6.45, 7) is 0.611. The van der Waals surface area contributed by atoms with Crippen LogP contribution >= 0.6 is 0 Å². The zero-order valence-corrected chi connectivity index (χ0v) is 8.14. The maximum absolute atomic E-state index is 9.48. The maximum atomic E-state index is 9.48. The van der Waals surface area contributed by atoms with Crippen LogP contribution in [0.5, 0.6) is 0 Å². The highest BCUT2D eigenvalue weighted by molar-refractivity contribution is 4.98. The summed E-state index contributed by atoms with van der Waals surface area (Å²) in [4.78, 5) is 0. The lowest BCUT2D eigenvalue weighted by Gasteiger charge is -2.25. The predicted molar refractivity (Wildman–Crippen MR) is 47.4 cm³/mol. The molecule has 2 N–H and O–H groups in total. The number of aliphatic hydroxyl groups is 2. The Morgan fingerprint density at radius 2 is 2.08 bits per heavy atom. The number of hydrogen-bond donors (Lipinski definition) is 2. The SMILES string of the molecule is CO.COC[C@@H]1C[C@H](O)[C@@H]2C[C@@H]2O1. The maximum Gasteiger partial charge on any atom is 0.0836 e. The fraction of sp³-hybridized carbons (Fsp3) is 1.00. The Labute approximate surface area is 78.5 Å². The van der Waals surface area contributed by atoms with Crippen molar-refractivity contribution in [3.05, 3.63) is 0 Å². The van der Waals surface area contributed by atoms with Crippen LogP contribution in [0.25, 0.3) is 0 Å². The van der Waals surface area contributed by atoms with Gasteiger partial charge >= 0.3 is 0 Å². The number of rotatable bonds is 2. The second-order valence-electron chi connectivity index (χ2n) is 3.45. The molecule has 0 unspecified atom stereocenters. The highest BCUT2D eigenvalue weighted by atomic mass is 16.5. The van der Waals surface area contributed by atoms with Crippen LogP contribution in [-0.2, 0) is 9.47 Å². The lowest BCUT2D eigenvalue weighted by Crippen LogP contribution is -2.33. The van der Waals surface area contributed by atoms with E-state index in [0.29, 0.717) is 18.6 Å². The van der Waals surface area contributed by atoms with Gasteiger partial charge in [0, 0.05) is 26.6 Å². The first-order chi connectivity index (χ1) is 6.31. The molecule has 0 spiro atoms. The first-order valence-electron chi connectivity index (χ1n) is 4.58. The molecule has 1 heterocycles. The van der Waals surface area contributed by atoms with Crippen molar-refractivity contribution in [2.45, 2.75) is 31.2 Å². The van der Waals surface area contributed by atoms with Gasteiger partial charge in [0.05, 0.1) is 24.9 Å². The number of ether oxygens (including phenoxy) is 2. The molecule has 1 aliphatic carbocycles. The van der Waals surface area contributed by atoms with E-state index >= 15 is 0 Å². The average molecular weight is 190 g/mol. The quantitative estimate of drug-likeness (QED) is 0.632. The molecule has 1 saturated heterocycles. The van der Waals surface area contributed by atoms with Gasteiger partial charge < -0.3 is 19.7 Å². The topological polar surface area (TPSA) is 58.9 Å². The van der Waals surface area contributed by atoms with Gasteiger partial charge in [-0.05, 0) is 6.42 Å². The molecule has 1 aliphatic heterocycles. The van der Waals surface area contributed by atoms with Gasteiger partial charge in [-0.25, -0.2) is 0 Å². The molecule has 4 atom stereocenters. The summed E-state index contributed by atoms with van der Waals surface area (Å²) in [5, 5.41) is 16.5. The Morgan fingerprint density at radius 1 is 1.38 bits per heavy atom. The van der Waals surface area contributed by atoms with Gasteiger partial charge in [0.2, 0.25) is 0 Å². The van der Waals surface area contributed by atoms with Gasteiger partial charge in [-0.1, -0.05) is 0 Å². The van der Waals surface area contributed by atoms with Crippen molar-refractivity contribution in [2.24, 2.45) is 5.92 Å². The second kappa shape index (κ2) is 4.91. The van der Waals surface area contributed by atoms with Crippen LogP contribution in [0, 0.1) is 5.92 Å². The van der Waals surface area contributed by atoms with Gasteiger partial charge in [0.1, 0.15) is 0 Å². The van der Waals surface area contributed by atoms with Gasteiger partial charge in [-0.2, -0.15) is 0 Å². The molecule has 4 heteroatoms. The minimum Gasteiger partial charge on any atom is -0.400 e. The van der Waals surface area contributed by atoms with Crippen molar-refractivity contribution >= 4 is 0 Å². The summed E-state index contributed by atoms with van der Waals surface area (Å²) in [5.74, 6) is 0.433. The average Bonchev–Trinajstić information content (AvgIpc) is 2.88. The smallest absolute Gasteiger partial charge is 0.0836 e. The van der Waals surface area contributed by atoms with Crippen molar-refractivity contribution in [3.63, 3.8) is 0 Å². The fourth-order valence-electron chi connectivity index (χ4n) is 1.79. The van der Waals surface area contributed by atoms with Crippen molar-refractivity contribution in [3.8, 4) is 0 Å². The van der Waals surface area contributed by atoms with E-state index < -0.39 is 0 Å². The monoisotopic (exact) mass is 190 g/mol. The van der Waals surface area contributed by atoms with Crippen LogP contribution in [0.3, 0.4) is 0 Å². The number of aliphatic hydroxyl groups excluding tert-OH is 2. The molecule has 4 nitrogen and oxygen atoms in total. The van der Waals surface area contributed by atoms with Gasteiger partial charge in [0.25, 0.3) is 0 Å². The van der Waals surface area contributed by atoms with E-state index in [1.807, 2.05) is 0 Å². The summed E-state index contributed by atoms with van der Waals surface area (Å²) in [7, 11) is 2.66. The zero-order chi connectivity index (χ0) is 9.84. The Kier molecular flexibility index (Phi) is 4.12. The number of fused-ring (bicyclic) bond motifs is 1. The Balaban J connectivity index is 0.000000396. The molecular formula is C9H18O4. The summed E-state index contributed by atoms with van der Waals surface area (Å²) in [6.07, 6.45) is 2.10. The fourth-order valence-corrected chi connectivity index (χ4v) is 1.79. The summed E-state index contributed by atoms with van der Waals surface area (Å²) in [5.41, 5.74) is 0. The van der Waals surface area contributed by atoms with Crippen molar-refractivity contribution in [2.75, 3.05) is 20.8 Å². The van der Waals surface area contributed by atoms with Crippen molar-refractivity contribution in [1.29, 1.82) is 0 Å². The molecule has 0 aromatic heterocycles. The number of hydrogen-bond acceptors (Lipinski definition) is 4. The Bertz CT molecular complexity index is 151. The minimum absolute atomic E-state index is 0.124. The molecule has 0 amide bonds. The van der Waals surface area contributed by atoms with Crippen LogP contribution in [0.1, 0.15) is 12.8 Å². The third-order valence-corrected chi connectivity index (χ3v) is 2.50. The van der Waals surface area contributed by atoms with Crippen LogP contribution in [0.15, 0.2) is 0 Å². The van der Waals surface area contributed by atoms with Gasteiger partial charge in [0.15, 0.2) is 0 Å². The molecule has 78 valence electrons. The van der Waals surface area contributed by atoms with Crippen molar-refractivity contribution < 1.29 is 19.7 Å². The zero-order valence-electron chi connectivity index (χ0n) is 8.14. The molecule has 0 aromatic carbocycles. The molecule has 2 fully saturated rings. The van der Waals surface area contributed by atoms with Crippen LogP contribution in [0.2, 0.25) is 0 Å². The van der Waals surface area contributed by atoms with E-state index in [1.54, 1.807) is 7.11 Å².